The third kappa shape index (κ3) is 4.82. The van der Waals surface area contributed by atoms with E-state index in [-0.39, 0.29) is 11.8 Å². The van der Waals surface area contributed by atoms with Crippen LogP contribution in [0.5, 0.6) is 0 Å². The maximum atomic E-state index is 12.4. The van der Waals surface area contributed by atoms with E-state index in [0.29, 0.717) is 31.8 Å². The molecule has 2 saturated heterocycles. The van der Waals surface area contributed by atoms with Crippen LogP contribution in [0.2, 0.25) is 0 Å². The molecule has 0 saturated carbocycles. The second kappa shape index (κ2) is 8.48. The molecule has 25 heavy (non-hydrogen) atoms. The second-order valence-electron chi connectivity index (χ2n) is 7.25. The molecule has 1 atom stereocenters. The van der Waals surface area contributed by atoms with E-state index in [9.17, 15) is 14.7 Å². The average molecular weight is 344 g/mol. The Morgan fingerprint density at radius 2 is 1.88 bits per heavy atom. The average Bonchev–Trinajstić information content (AvgIpc) is 3.05. The van der Waals surface area contributed by atoms with Crippen molar-refractivity contribution < 1.29 is 14.7 Å². The van der Waals surface area contributed by atoms with E-state index in [1.165, 1.54) is 0 Å². The van der Waals surface area contributed by atoms with Gasteiger partial charge in [-0.15, -0.1) is 0 Å². The Labute approximate surface area is 149 Å². The van der Waals surface area contributed by atoms with E-state index < -0.39 is 6.10 Å². The summed E-state index contributed by atoms with van der Waals surface area (Å²) in [7, 11) is 0. The molecule has 0 aliphatic carbocycles. The molecule has 2 aliphatic rings. The first-order valence-electron chi connectivity index (χ1n) is 9.42. The summed E-state index contributed by atoms with van der Waals surface area (Å²) in [5.41, 5.74) is 0.980. The van der Waals surface area contributed by atoms with Gasteiger partial charge in [0.1, 0.15) is 6.10 Å². The van der Waals surface area contributed by atoms with Crippen LogP contribution < -0.4 is 0 Å². The molecule has 1 N–H and O–H groups in total. The van der Waals surface area contributed by atoms with Crippen LogP contribution in [0.4, 0.5) is 0 Å². The Morgan fingerprint density at radius 3 is 2.52 bits per heavy atom. The van der Waals surface area contributed by atoms with Crippen molar-refractivity contribution in [1.29, 1.82) is 0 Å². The number of aliphatic hydroxyl groups excluding tert-OH is 1. The number of benzene rings is 1. The van der Waals surface area contributed by atoms with Gasteiger partial charge >= 0.3 is 0 Å². The molecule has 3 rings (SSSR count). The van der Waals surface area contributed by atoms with Crippen molar-refractivity contribution in [2.75, 3.05) is 26.2 Å². The lowest BCUT2D eigenvalue weighted by molar-refractivity contribution is -0.141. The van der Waals surface area contributed by atoms with Crippen molar-refractivity contribution in [1.82, 2.24) is 9.80 Å². The molecule has 0 bridgehead atoms. The maximum absolute atomic E-state index is 12.4. The fourth-order valence-electron chi connectivity index (χ4n) is 3.86. The zero-order chi connectivity index (χ0) is 17.6. The smallest absolute Gasteiger partial charge is 0.251 e. The van der Waals surface area contributed by atoms with Gasteiger partial charge in [0.15, 0.2) is 0 Å². The molecule has 2 amide bonds. The van der Waals surface area contributed by atoms with Crippen molar-refractivity contribution in [3.05, 3.63) is 35.9 Å². The van der Waals surface area contributed by atoms with E-state index in [1.54, 1.807) is 4.90 Å². The van der Waals surface area contributed by atoms with Gasteiger partial charge in [-0.2, -0.15) is 0 Å². The Balaban J connectivity index is 1.40. The van der Waals surface area contributed by atoms with Gasteiger partial charge in [-0.25, -0.2) is 0 Å². The van der Waals surface area contributed by atoms with Crippen LogP contribution >= 0.6 is 0 Å². The number of rotatable bonds is 6. The number of nitrogens with zero attached hydrogens (tertiary/aromatic N) is 2. The summed E-state index contributed by atoms with van der Waals surface area (Å²) in [6, 6.07) is 9.63. The first-order valence-corrected chi connectivity index (χ1v) is 9.42. The first-order chi connectivity index (χ1) is 12.1. The van der Waals surface area contributed by atoms with E-state index in [4.69, 9.17) is 0 Å². The Morgan fingerprint density at radius 1 is 1.16 bits per heavy atom. The molecule has 0 spiro atoms. The van der Waals surface area contributed by atoms with Crippen molar-refractivity contribution >= 4 is 11.8 Å². The largest absolute Gasteiger partial charge is 0.383 e. The highest BCUT2D eigenvalue weighted by Gasteiger charge is 2.28. The Bertz CT molecular complexity index is 582. The van der Waals surface area contributed by atoms with Crippen molar-refractivity contribution in [3.63, 3.8) is 0 Å². The third-order valence-electron chi connectivity index (χ3n) is 5.46. The van der Waals surface area contributed by atoms with Crippen LogP contribution in [-0.4, -0.2) is 59.0 Å². The molecule has 5 heteroatoms. The summed E-state index contributed by atoms with van der Waals surface area (Å²) >= 11 is 0. The van der Waals surface area contributed by atoms with Crippen LogP contribution in [0.25, 0.3) is 0 Å². The van der Waals surface area contributed by atoms with Crippen LogP contribution in [0.1, 0.15) is 37.7 Å². The lowest BCUT2D eigenvalue weighted by Gasteiger charge is -2.34. The second-order valence-corrected chi connectivity index (χ2v) is 7.25. The number of hydrogen-bond donors (Lipinski definition) is 1. The van der Waals surface area contributed by atoms with Crippen LogP contribution in [0.15, 0.2) is 30.3 Å². The highest BCUT2D eigenvalue weighted by molar-refractivity contribution is 5.81. The standard InChI is InChI=1S/C20H28N2O3/c23-18(15-17-5-2-1-3-6-17)20(25)22-13-9-16(10-14-22)8-12-21-11-4-7-19(21)24/h1-3,5-6,16,18,23H,4,7-15H2/t18-/m0/s1. The summed E-state index contributed by atoms with van der Waals surface area (Å²) in [4.78, 5) is 27.9. The lowest BCUT2D eigenvalue weighted by Crippen LogP contribution is -2.44. The van der Waals surface area contributed by atoms with E-state index >= 15 is 0 Å². The molecule has 1 aromatic rings. The van der Waals surface area contributed by atoms with E-state index in [1.807, 2.05) is 35.2 Å². The summed E-state index contributed by atoms with van der Waals surface area (Å²) in [6.07, 6.45) is 4.06. The van der Waals surface area contributed by atoms with Gasteiger partial charge in [0, 0.05) is 39.0 Å². The van der Waals surface area contributed by atoms with Gasteiger partial charge in [0.25, 0.3) is 5.91 Å². The molecule has 1 aromatic carbocycles. The molecular formula is C20H28N2O3. The zero-order valence-corrected chi connectivity index (χ0v) is 14.8. The summed E-state index contributed by atoms with van der Waals surface area (Å²) in [6.45, 7) is 3.18. The molecular weight excluding hydrogens is 316 g/mol. The quantitative estimate of drug-likeness (QED) is 0.857. The molecule has 2 aliphatic heterocycles. The first kappa shape index (κ1) is 17.9. The highest BCUT2D eigenvalue weighted by Crippen LogP contribution is 2.23. The number of likely N-dealkylation sites (tertiary alicyclic amines) is 2. The molecule has 136 valence electrons. The zero-order valence-electron chi connectivity index (χ0n) is 14.8. The number of piperidine rings is 1. The molecule has 5 nitrogen and oxygen atoms in total. The van der Waals surface area contributed by atoms with Crippen molar-refractivity contribution in [2.45, 2.75) is 44.6 Å². The van der Waals surface area contributed by atoms with Gasteiger partial charge in [-0.1, -0.05) is 30.3 Å². The van der Waals surface area contributed by atoms with Gasteiger partial charge in [-0.3, -0.25) is 9.59 Å². The number of amides is 2. The minimum Gasteiger partial charge on any atom is -0.383 e. The predicted molar refractivity (Wildman–Crippen MR) is 95.9 cm³/mol. The Hall–Kier alpha value is -1.88. The van der Waals surface area contributed by atoms with Crippen LogP contribution in [0.3, 0.4) is 0 Å². The fraction of sp³-hybridized carbons (Fsp3) is 0.600. The number of aliphatic hydroxyl groups is 1. The van der Waals surface area contributed by atoms with Crippen LogP contribution in [-0.2, 0) is 16.0 Å². The van der Waals surface area contributed by atoms with Gasteiger partial charge in [-0.05, 0) is 37.2 Å². The molecule has 0 aromatic heterocycles. The lowest BCUT2D eigenvalue weighted by atomic mass is 9.93. The molecule has 2 heterocycles. The molecule has 0 radical (unpaired) electrons. The highest BCUT2D eigenvalue weighted by atomic mass is 16.3. The van der Waals surface area contributed by atoms with Crippen LogP contribution in [0, 0.1) is 5.92 Å². The van der Waals surface area contributed by atoms with E-state index in [2.05, 4.69) is 0 Å². The minimum atomic E-state index is -0.957. The van der Waals surface area contributed by atoms with Crippen molar-refractivity contribution in [3.8, 4) is 0 Å². The van der Waals surface area contributed by atoms with Crippen molar-refractivity contribution in [2.24, 2.45) is 5.92 Å². The van der Waals surface area contributed by atoms with Gasteiger partial charge < -0.3 is 14.9 Å². The Kier molecular flexibility index (Phi) is 6.08. The molecule has 2 fully saturated rings. The summed E-state index contributed by atoms with van der Waals surface area (Å²) in [5, 5.41) is 10.2. The fourth-order valence-corrected chi connectivity index (χ4v) is 3.86. The number of hydrogen-bond acceptors (Lipinski definition) is 3. The molecule has 0 unspecified atom stereocenters. The monoisotopic (exact) mass is 344 g/mol. The number of carbonyl (C=O) groups is 2. The SMILES string of the molecule is O=C1CCCN1CCC1CCN(C(=O)[C@@H](O)Cc2ccccc2)CC1. The van der Waals surface area contributed by atoms with Gasteiger partial charge in [0.2, 0.25) is 5.91 Å². The topological polar surface area (TPSA) is 60.9 Å². The van der Waals surface area contributed by atoms with E-state index in [0.717, 1.165) is 44.3 Å². The maximum Gasteiger partial charge on any atom is 0.251 e. The predicted octanol–water partition coefficient (Wildman–Crippen LogP) is 1.84. The number of carbonyl (C=O) groups excluding carboxylic acids is 2. The normalized spacial score (nSPS) is 20.1. The summed E-state index contributed by atoms with van der Waals surface area (Å²) < 4.78 is 0. The third-order valence-corrected chi connectivity index (χ3v) is 5.46. The summed E-state index contributed by atoms with van der Waals surface area (Å²) in [5.74, 6) is 0.706. The van der Waals surface area contributed by atoms with Gasteiger partial charge in [0.05, 0.1) is 0 Å². The minimum absolute atomic E-state index is 0.156.